The van der Waals surface area contributed by atoms with Crippen LogP contribution < -0.4 is 0 Å². The predicted molar refractivity (Wildman–Crippen MR) is 104 cm³/mol. The van der Waals surface area contributed by atoms with Crippen LogP contribution in [0.4, 0.5) is 0 Å². The fourth-order valence-electron chi connectivity index (χ4n) is 5.04. The number of aryl methyl sites for hydroxylation is 1. The zero-order chi connectivity index (χ0) is 18.4. The maximum Gasteiger partial charge on any atom is 0.293 e. The fraction of sp³-hybridized carbons (Fsp3) is 0.455. The van der Waals surface area contributed by atoms with Crippen LogP contribution in [0.5, 0.6) is 0 Å². The molecule has 1 amide bonds. The summed E-state index contributed by atoms with van der Waals surface area (Å²) in [6, 6.07) is 10.3. The van der Waals surface area contributed by atoms with Crippen LogP contribution in [0.25, 0.3) is 10.9 Å². The molecular formula is C22H25N3O2. The third kappa shape index (κ3) is 2.76. The summed E-state index contributed by atoms with van der Waals surface area (Å²) in [7, 11) is 0. The quantitative estimate of drug-likeness (QED) is 0.712. The van der Waals surface area contributed by atoms with E-state index < -0.39 is 0 Å². The van der Waals surface area contributed by atoms with E-state index in [0.29, 0.717) is 11.7 Å². The van der Waals surface area contributed by atoms with Gasteiger partial charge in [0.05, 0.1) is 11.7 Å². The van der Waals surface area contributed by atoms with Gasteiger partial charge in [-0.05, 0) is 43.7 Å². The van der Waals surface area contributed by atoms with Crippen molar-refractivity contribution in [1.29, 1.82) is 0 Å². The van der Waals surface area contributed by atoms with Gasteiger partial charge in [-0.1, -0.05) is 42.6 Å². The third-order valence-corrected chi connectivity index (χ3v) is 6.28. The number of H-pyrrole nitrogens is 1. The average Bonchev–Trinajstić information content (AvgIpc) is 3.30. The molecule has 1 saturated carbocycles. The molecule has 1 atom stereocenters. The highest BCUT2D eigenvalue weighted by molar-refractivity contribution is 5.93. The molecule has 1 aliphatic carbocycles. The third-order valence-electron chi connectivity index (χ3n) is 6.28. The van der Waals surface area contributed by atoms with Gasteiger partial charge in [-0.2, -0.15) is 0 Å². The molecule has 5 rings (SSSR count). The van der Waals surface area contributed by atoms with Crippen molar-refractivity contribution in [3.63, 3.8) is 0 Å². The molecule has 1 aliphatic heterocycles. The van der Waals surface area contributed by atoms with Gasteiger partial charge in [-0.25, -0.2) is 0 Å². The van der Waals surface area contributed by atoms with Crippen molar-refractivity contribution in [2.45, 2.75) is 51.5 Å². The molecular weight excluding hydrogens is 338 g/mol. The second kappa shape index (κ2) is 6.55. The molecule has 0 bridgehead atoms. The number of amides is 1. The van der Waals surface area contributed by atoms with E-state index in [1.54, 1.807) is 6.07 Å². The summed E-state index contributed by atoms with van der Waals surface area (Å²) in [5.41, 5.74) is 4.54. The number of para-hydroxylation sites is 1. The molecule has 0 spiro atoms. The molecule has 5 heteroatoms. The highest BCUT2D eigenvalue weighted by Gasteiger charge is 2.39. The zero-order valence-electron chi connectivity index (χ0n) is 15.7. The summed E-state index contributed by atoms with van der Waals surface area (Å²) in [4.78, 5) is 19.0. The van der Waals surface area contributed by atoms with E-state index in [0.717, 1.165) is 18.7 Å². The monoisotopic (exact) mass is 363 g/mol. The Kier molecular flexibility index (Phi) is 4.03. The number of carbonyl (C=O) groups excluding carboxylic acids is 1. The van der Waals surface area contributed by atoms with Crippen LogP contribution in [0.15, 0.2) is 34.9 Å². The van der Waals surface area contributed by atoms with E-state index >= 15 is 0 Å². The Bertz CT molecular complexity index is 981. The molecule has 0 saturated heterocycles. The minimum atomic E-state index is -0.0320. The van der Waals surface area contributed by atoms with Crippen LogP contribution in [0, 0.1) is 12.8 Å². The maximum atomic E-state index is 13.3. The smallest absolute Gasteiger partial charge is 0.293 e. The Morgan fingerprint density at radius 2 is 2.04 bits per heavy atom. The van der Waals surface area contributed by atoms with Gasteiger partial charge >= 0.3 is 0 Å². The zero-order valence-corrected chi connectivity index (χ0v) is 15.7. The Hall–Kier alpha value is -2.56. The van der Waals surface area contributed by atoms with Crippen molar-refractivity contribution in [1.82, 2.24) is 15.0 Å². The lowest BCUT2D eigenvalue weighted by molar-refractivity contribution is 0.0493. The van der Waals surface area contributed by atoms with Crippen LogP contribution in [-0.4, -0.2) is 27.5 Å². The Morgan fingerprint density at radius 1 is 1.22 bits per heavy atom. The standard InChI is InChI=1S/C22H25N3O2/c1-14-13-19(27-24-14)22(26)25-12-11-17-16-9-5-6-10-18(16)23-20(17)21(25)15-7-3-2-4-8-15/h5-6,9-10,13,15,21,23H,2-4,7-8,11-12H2,1H3/t21-/m0/s1. The second-order valence-electron chi connectivity index (χ2n) is 7.99. The van der Waals surface area contributed by atoms with Crippen molar-refractivity contribution < 1.29 is 9.32 Å². The van der Waals surface area contributed by atoms with E-state index in [-0.39, 0.29) is 11.9 Å². The lowest BCUT2D eigenvalue weighted by Gasteiger charge is -2.41. The van der Waals surface area contributed by atoms with Crippen LogP contribution in [-0.2, 0) is 6.42 Å². The molecule has 3 heterocycles. The van der Waals surface area contributed by atoms with Gasteiger partial charge in [0.15, 0.2) is 0 Å². The first-order chi connectivity index (χ1) is 13.2. The summed E-state index contributed by atoms with van der Waals surface area (Å²) >= 11 is 0. The van der Waals surface area contributed by atoms with Crippen molar-refractivity contribution in [2.24, 2.45) is 5.92 Å². The number of rotatable bonds is 2. The molecule has 2 aromatic heterocycles. The van der Waals surface area contributed by atoms with E-state index in [1.165, 1.54) is 54.3 Å². The summed E-state index contributed by atoms with van der Waals surface area (Å²) in [6.07, 6.45) is 7.04. The average molecular weight is 363 g/mol. The Morgan fingerprint density at radius 3 is 2.81 bits per heavy atom. The summed E-state index contributed by atoms with van der Waals surface area (Å²) in [6.45, 7) is 2.58. The van der Waals surface area contributed by atoms with Crippen molar-refractivity contribution in [3.8, 4) is 0 Å². The van der Waals surface area contributed by atoms with Gasteiger partial charge in [-0.15, -0.1) is 0 Å². The van der Waals surface area contributed by atoms with E-state index in [9.17, 15) is 4.79 Å². The van der Waals surface area contributed by atoms with Gasteiger partial charge in [0.2, 0.25) is 5.76 Å². The summed E-state index contributed by atoms with van der Waals surface area (Å²) in [5.74, 6) is 0.821. The summed E-state index contributed by atoms with van der Waals surface area (Å²) < 4.78 is 5.31. The SMILES string of the molecule is Cc1cc(C(=O)N2CCc3c([nH]c4ccccc34)[C@@H]2C2CCCCC2)on1. The van der Waals surface area contributed by atoms with Gasteiger partial charge < -0.3 is 14.4 Å². The highest BCUT2D eigenvalue weighted by atomic mass is 16.5. The van der Waals surface area contributed by atoms with Crippen LogP contribution >= 0.6 is 0 Å². The number of nitrogens with one attached hydrogen (secondary N) is 1. The molecule has 27 heavy (non-hydrogen) atoms. The molecule has 1 fully saturated rings. The van der Waals surface area contributed by atoms with Crippen LogP contribution in [0.2, 0.25) is 0 Å². The van der Waals surface area contributed by atoms with E-state index in [4.69, 9.17) is 4.52 Å². The Labute approximate surface area is 158 Å². The fourth-order valence-corrected chi connectivity index (χ4v) is 5.04. The van der Waals surface area contributed by atoms with Gasteiger partial charge in [-0.3, -0.25) is 4.79 Å². The molecule has 140 valence electrons. The number of fused-ring (bicyclic) bond motifs is 3. The largest absolute Gasteiger partial charge is 0.356 e. The minimum Gasteiger partial charge on any atom is -0.356 e. The van der Waals surface area contributed by atoms with Crippen molar-refractivity contribution in [2.75, 3.05) is 6.54 Å². The molecule has 3 aromatic rings. The van der Waals surface area contributed by atoms with Gasteiger partial charge in [0.25, 0.3) is 5.91 Å². The Balaban J connectivity index is 1.59. The first kappa shape index (κ1) is 16.6. The van der Waals surface area contributed by atoms with Gasteiger partial charge in [0.1, 0.15) is 0 Å². The predicted octanol–water partition coefficient (Wildman–Crippen LogP) is 4.78. The number of nitrogens with zero attached hydrogens (tertiary/aromatic N) is 2. The van der Waals surface area contributed by atoms with Crippen LogP contribution in [0.3, 0.4) is 0 Å². The molecule has 1 N–H and O–H groups in total. The first-order valence-electron chi connectivity index (χ1n) is 10.1. The normalized spacial score (nSPS) is 20.8. The molecule has 0 unspecified atom stereocenters. The molecule has 2 aliphatic rings. The number of benzene rings is 1. The summed E-state index contributed by atoms with van der Waals surface area (Å²) in [5, 5.41) is 5.22. The second-order valence-corrected chi connectivity index (χ2v) is 7.99. The number of carbonyl (C=O) groups is 1. The van der Waals surface area contributed by atoms with Crippen LogP contribution in [0.1, 0.15) is 65.7 Å². The topological polar surface area (TPSA) is 62.1 Å². The number of aromatic amines is 1. The lowest BCUT2D eigenvalue weighted by Crippen LogP contribution is -2.43. The lowest BCUT2D eigenvalue weighted by atomic mass is 9.79. The van der Waals surface area contributed by atoms with Crippen molar-refractivity contribution >= 4 is 16.8 Å². The maximum absolute atomic E-state index is 13.3. The first-order valence-corrected chi connectivity index (χ1v) is 10.1. The van der Waals surface area contributed by atoms with Crippen molar-refractivity contribution in [3.05, 3.63) is 53.0 Å². The number of aromatic nitrogens is 2. The molecule has 0 radical (unpaired) electrons. The molecule has 1 aromatic carbocycles. The number of hydrogen-bond donors (Lipinski definition) is 1. The highest BCUT2D eigenvalue weighted by Crippen LogP contribution is 2.44. The van der Waals surface area contributed by atoms with Gasteiger partial charge in [0, 0.05) is 29.2 Å². The van der Waals surface area contributed by atoms with E-state index in [1.807, 2.05) is 11.8 Å². The number of hydrogen-bond acceptors (Lipinski definition) is 3. The van der Waals surface area contributed by atoms with E-state index in [2.05, 4.69) is 34.4 Å². The molecule has 5 nitrogen and oxygen atoms in total. The minimum absolute atomic E-state index is 0.0320.